The zero-order valence-electron chi connectivity index (χ0n) is 10.4. The van der Waals surface area contributed by atoms with Crippen LogP contribution in [0.4, 0.5) is 5.69 Å². The van der Waals surface area contributed by atoms with E-state index in [0.29, 0.717) is 10.6 Å². The Labute approximate surface area is 116 Å². The summed E-state index contributed by atoms with van der Waals surface area (Å²) >= 11 is 5.27. The lowest BCUT2D eigenvalue weighted by molar-refractivity contribution is 0.0696. The van der Waals surface area contributed by atoms with Gasteiger partial charge in [-0.05, 0) is 25.1 Å². The van der Waals surface area contributed by atoms with Crippen LogP contribution in [-0.4, -0.2) is 16.1 Å². The standard InChI is InChI=1S/C15H13NO2S/c1-10-6-8-11(9-7-10)16-14(19)12-4-2-3-5-13(12)15(17)18/h2-9H,1H3,(H,16,19)(H,17,18). The summed E-state index contributed by atoms with van der Waals surface area (Å²) in [6.45, 7) is 2.00. The van der Waals surface area contributed by atoms with Gasteiger partial charge in [0.05, 0.1) is 5.56 Å². The predicted octanol–water partition coefficient (Wildman–Crippen LogP) is 3.48. The van der Waals surface area contributed by atoms with Crippen molar-refractivity contribution in [1.29, 1.82) is 0 Å². The van der Waals surface area contributed by atoms with E-state index in [0.717, 1.165) is 11.3 Å². The normalized spacial score (nSPS) is 9.95. The molecule has 0 saturated heterocycles. The van der Waals surface area contributed by atoms with Crippen LogP contribution in [0.25, 0.3) is 0 Å². The molecule has 0 spiro atoms. The van der Waals surface area contributed by atoms with Crippen molar-refractivity contribution in [3.05, 3.63) is 65.2 Å². The van der Waals surface area contributed by atoms with Crippen molar-refractivity contribution in [2.24, 2.45) is 0 Å². The van der Waals surface area contributed by atoms with Crippen LogP contribution in [0.2, 0.25) is 0 Å². The molecule has 0 saturated carbocycles. The number of carbonyl (C=O) groups is 1. The Kier molecular flexibility index (Phi) is 3.92. The van der Waals surface area contributed by atoms with Crippen molar-refractivity contribution in [3.63, 3.8) is 0 Å². The highest BCUT2D eigenvalue weighted by atomic mass is 32.1. The fourth-order valence-corrected chi connectivity index (χ4v) is 2.00. The first-order chi connectivity index (χ1) is 9.08. The van der Waals surface area contributed by atoms with Gasteiger partial charge in [0.2, 0.25) is 0 Å². The van der Waals surface area contributed by atoms with Gasteiger partial charge in [-0.25, -0.2) is 4.79 Å². The first-order valence-electron chi connectivity index (χ1n) is 5.78. The molecule has 0 unspecified atom stereocenters. The molecule has 0 atom stereocenters. The Morgan fingerprint density at radius 2 is 1.63 bits per heavy atom. The third-order valence-corrected chi connectivity index (χ3v) is 3.03. The summed E-state index contributed by atoms with van der Waals surface area (Å²) in [5, 5.41) is 12.2. The minimum Gasteiger partial charge on any atom is -0.478 e. The van der Waals surface area contributed by atoms with Crippen molar-refractivity contribution in [2.75, 3.05) is 5.32 Å². The van der Waals surface area contributed by atoms with Gasteiger partial charge in [0.25, 0.3) is 0 Å². The molecule has 2 aromatic carbocycles. The fraction of sp³-hybridized carbons (Fsp3) is 0.0667. The van der Waals surface area contributed by atoms with E-state index in [2.05, 4.69) is 5.32 Å². The number of hydrogen-bond donors (Lipinski definition) is 2. The predicted molar refractivity (Wildman–Crippen MR) is 79.9 cm³/mol. The van der Waals surface area contributed by atoms with Gasteiger partial charge in [0, 0.05) is 11.3 Å². The molecule has 2 aromatic rings. The van der Waals surface area contributed by atoms with E-state index in [1.165, 1.54) is 0 Å². The third-order valence-electron chi connectivity index (χ3n) is 2.71. The van der Waals surface area contributed by atoms with E-state index in [9.17, 15) is 4.79 Å². The van der Waals surface area contributed by atoms with Crippen LogP contribution in [0.15, 0.2) is 48.5 Å². The van der Waals surface area contributed by atoms with Gasteiger partial charge in [-0.15, -0.1) is 0 Å². The molecule has 0 aliphatic heterocycles. The SMILES string of the molecule is Cc1ccc(NC(=S)c2ccccc2C(=O)O)cc1. The van der Waals surface area contributed by atoms with Crippen LogP contribution in [0, 0.1) is 6.92 Å². The number of carboxylic acid groups (broad SMARTS) is 1. The number of benzene rings is 2. The molecule has 0 aliphatic carbocycles. The number of thiocarbonyl (C=S) groups is 1. The average Bonchev–Trinajstić information content (AvgIpc) is 2.41. The summed E-state index contributed by atoms with van der Waals surface area (Å²) in [4.78, 5) is 11.5. The highest BCUT2D eigenvalue weighted by Crippen LogP contribution is 2.14. The Bertz CT molecular complexity index is 620. The molecule has 2 N–H and O–H groups in total. The second-order valence-electron chi connectivity index (χ2n) is 4.17. The van der Waals surface area contributed by atoms with Gasteiger partial charge in [0.15, 0.2) is 0 Å². The number of anilines is 1. The number of rotatable bonds is 3. The summed E-state index contributed by atoms with van der Waals surface area (Å²) in [7, 11) is 0. The topological polar surface area (TPSA) is 49.3 Å². The molecule has 0 fully saturated rings. The molecule has 0 aliphatic rings. The van der Waals surface area contributed by atoms with Crippen LogP contribution in [0.5, 0.6) is 0 Å². The lowest BCUT2D eigenvalue weighted by atomic mass is 10.1. The quantitative estimate of drug-likeness (QED) is 0.839. The average molecular weight is 271 g/mol. The largest absolute Gasteiger partial charge is 0.478 e. The lowest BCUT2D eigenvalue weighted by Gasteiger charge is -2.10. The second-order valence-corrected chi connectivity index (χ2v) is 4.58. The van der Waals surface area contributed by atoms with Gasteiger partial charge < -0.3 is 10.4 Å². The molecule has 0 bridgehead atoms. The monoisotopic (exact) mass is 271 g/mol. The number of aromatic carboxylic acids is 1. The van der Waals surface area contributed by atoms with Crippen LogP contribution in [-0.2, 0) is 0 Å². The molecular weight excluding hydrogens is 258 g/mol. The van der Waals surface area contributed by atoms with Gasteiger partial charge in [-0.3, -0.25) is 0 Å². The van der Waals surface area contributed by atoms with Crippen LogP contribution >= 0.6 is 12.2 Å². The van der Waals surface area contributed by atoms with E-state index in [1.807, 2.05) is 31.2 Å². The molecule has 19 heavy (non-hydrogen) atoms. The van der Waals surface area contributed by atoms with Gasteiger partial charge in [-0.1, -0.05) is 48.1 Å². The number of carboxylic acids is 1. The van der Waals surface area contributed by atoms with Crippen molar-refractivity contribution in [3.8, 4) is 0 Å². The van der Waals surface area contributed by atoms with Crippen molar-refractivity contribution >= 4 is 28.9 Å². The maximum atomic E-state index is 11.1. The van der Waals surface area contributed by atoms with Crippen LogP contribution < -0.4 is 5.32 Å². The van der Waals surface area contributed by atoms with E-state index >= 15 is 0 Å². The second kappa shape index (κ2) is 5.63. The van der Waals surface area contributed by atoms with Gasteiger partial charge in [-0.2, -0.15) is 0 Å². The summed E-state index contributed by atoms with van der Waals surface area (Å²) in [6.07, 6.45) is 0. The van der Waals surface area contributed by atoms with Crippen LogP contribution in [0.1, 0.15) is 21.5 Å². The van der Waals surface area contributed by atoms with E-state index in [-0.39, 0.29) is 5.56 Å². The molecule has 0 heterocycles. The molecule has 0 aromatic heterocycles. The van der Waals surface area contributed by atoms with Crippen molar-refractivity contribution in [2.45, 2.75) is 6.92 Å². The maximum absolute atomic E-state index is 11.1. The Morgan fingerprint density at radius 1 is 1.05 bits per heavy atom. The fourth-order valence-electron chi connectivity index (χ4n) is 1.70. The Hall–Kier alpha value is -2.20. The lowest BCUT2D eigenvalue weighted by Crippen LogP contribution is -2.15. The minimum atomic E-state index is -0.983. The zero-order chi connectivity index (χ0) is 13.8. The van der Waals surface area contributed by atoms with E-state index in [4.69, 9.17) is 17.3 Å². The van der Waals surface area contributed by atoms with Crippen molar-refractivity contribution < 1.29 is 9.90 Å². The molecule has 96 valence electrons. The van der Waals surface area contributed by atoms with E-state index < -0.39 is 5.97 Å². The summed E-state index contributed by atoms with van der Waals surface area (Å²) in [6, 6.07) is 14.4. The van der Waals surface area contributed by atoms with Gasteiger partial charge in [0.1, 0.15) is 4.99 Å². The Balaban J connectivity index is 2.25. The molecule has 0 amide bonds. The van der Waals surface area contributed by atoms with Gasteiger partial charge >= 0.3 is 5.97 Å². The first kappa shape index (κ1) is 13.2. The summed E-state index contributed by atoms with van der Waals surface area (Å²) in [5.74, 6) is -0.983. The first-order valence-corrected chi connectivity index (χ1v) is 6.19. The molecule has 3 nitrogen and oxygen atoms in total. The smallest absolute Gasteiger partial charge is 0.336 e. The molecule has 4 heteroatoms. The number of nitrogens with one attached hydrogen (secondary N) is 1. The highest BCUT2D eigenvalue weighted by Gasteiger charge is 2.12. The zero-order valence-corrected chi connectivity index (χ0v) is 11.2. The number of aryl methyl sites for hydroxylation is 1. The molecular formula is C15H13NO2S. The molecule has 2 rings (SSSR count). The highest BCUT2D eigenvalue weighted by molar-refractivity contribution is 7.81. The Morgan fingerprint density at radius 3 is 2.21 bits per heavy atom. The summed E-state index contributed by atoms with van der Waals surface area (Å²) < 4.78 is 0. The van der Waals surface area contributed by atoms with E-state index in [1.54, 1.807) is 24.3 Å². The maximum Gasteiger partial charge on any atom is 0.336 e. The summed E-state index contributed by atoms with van der Waals surface area (Å²) in [5.41, 5.74) is 2.72. The number of hydrogen-bond acceptors (Lipinski definition) is 2. The minimum absolute atomic E-state index is 0.201. The van der Waals surface area contributed by atoms with Crippen molar-refractivity contribution in [1.82, 2.24) is 0 Å². The third kappa shape index (κ3) is 3.17. The molecule has 0 radical (unpaired) electrons. The van der Waals surface area contributed by atoms with Crippen LogP contribution in [0.3, 0.4) is 0 Å².